The van der Waals surface area contributed by atoms with Crippen molar-refractivity contribution in [2.75, 3.05) is 31.1 Å². The lowest BCUT2D eigenvalue weighted by atomic mass is 9.49. The van der Waals surface area contributed by atoms with Crippen LogP contribution in [-0.2, 0) is 9.59 Å². The quantitative estimate of drug-likeness (QED) is 0.0920. The van der Waals surface area contributed by atoms with Crippen LogP contribution in [0.5, 0.6) is 11.5 Å². The monoisotopic (exact) mass is 974 g/mol. The number of aromatic nitrogens is 3. The average Bonchev–Trinajstić information content (AvgIpc) is 4.09. The maximum atomic E-state index is 14.3. The van der Waals surface area contributed by atoms with Crippen molar-refractivity contribution in [1.29, 1.82) is 5.26 Å². The SMILES string of the molecule is Cc1ncsc1-c1ccc([C@H](C)NC(=O)[C@@H]2C[C@@H](O)CN2C(=O)[C@@H](C(C)C)n2cc(OCC3CCN(c4ccc(C(=O)NC5C(C)(C)C(Oc6ccc(C#N)c(Cl)c6)C5(C)C)cc4)CC3)cn2)cc1. The average molecular weight is 976 g/mol. The van der Waals surface area contributed by atoms with Gasteiger partial charge < -0.3 is 35.0 Å². The molecule has 2 aromatic heterocycles. The Morgan fingerprint density at radius 2 is 1.68 bits per heavy atom. The molecule has 3 aromatic carbocycles. The van der Waals surface area contributed by atoms with Gasteiger partial charge in [-0.2, -0.15) is 10.4 Å². The predicted octanol–water partition coefficient (Wildman–Crippen LogP) is 8.78. The van der Waals surface area contributed by atoms with Gasteiger partial charge in [-0.05, 0) is 86.1 Å². The van der Waals surface area contributed by atoms with Crippen molar-refractivity contribution < 1.29 is 29.0 Å². The van der Waals surface area contributed by atoms with Crippen LogP contribution in [0.2, 0.25) is 5.02 Å². The fourth-order valence-corrected chi connectivity index (χ4v) is 11.9. The number of nitriles is 1. The van der Waals surface area contributed by atoms with E-state index in [1.54, 1.807) is 46.6 Å². The number of anilines is 1. The van der Waals surface area contributed by atoms with Crippen molar-refractivity contribution in [3.63, 3.8) is 0 Å². The van der Waals surface area contributed by atoms with Crippen LogP contribution < -0.4 is 25.0 Å². The van der Waals surface area contributed by atoms with Crippen molar-refractivity contribution in [3.8, 4) is 28.0 Å². The Balaban J connectivity index is 0.804. The molecular formula is C53H63ClN8O6S. The second-order valence-corrected chi connectivity index (χ2v) is 21.7. The van der Waals surface area contributed by atoms with E-state index in [0.29, 0.717) is 40.2 Å². The highest BCUT2D eigenvalue weighted by atomic mass is 35.5. The van der Waals surface area contributed by atoms with Gasteiger partial charge in [-0.1, -0.05) is 77.4 Å². The van der Waals surface area contributed by atoms with Gasteiger partial charge in [0.05, 0.1) is 57.8 Å². The Hall–Kier alpha value is -5.95. The predicted molar refractivity (Wildman–Crippen MR) is 267 cm³/mol. The van der Waals surface area contributed by atoms with Gasteiger partial charge in [0.25, 0.3) is 5.91 Å². The topological polar surface area (TPSA) is 175 Å². The summed E-state index contributed by atoms with van der Waals surface area (Å²) in [6.45, 7) is 18.4. The summed E-state index contributed by atoms with van der Waals surface area (Å²) in [6, 6.07) is 21.0. The number of likely N-dealkylation sites (tertiary alicyclic amines) is 1. The summed E-state index contributed by atoms with van der Waals surface area (Å²) >= 11 is 7.86. The highest BCUT2D eigenvalue weighted by molar-refractivity contribution is 7.13. The molecule has 1 aliphatic carbocycles. The van der Waals surface area contributed by atoms with Crippen LogP contribution in [-0.4, -0.2) is 93.0 Å². The molecule has 0 bridgehead atoms. The van der Waals surface area contributed by atoms with Crippen molar-refractivity contribution >= 4 is 46.3 Å². The van der Waals surface area contributed by atoms with E-state index in [1.165, 1.54) is 4.90 Å². The molecule has 16 heteroatoms. The van der Waals surface area contributed by atoms with E-state index < -0.39 is 18.2 Å². The van der Waals surface area contributed by atoms with Crippen molar-refractivity contribution in [2.24, 2.45) is 22.7 Å². The minimum absolute atomic E-state index is 0.0642. The number of benzene rings is 3. The van der Waals surface area contributed by atoms with Crippen LogP contribution >= 0.6 is 22.9 Å². The van der Waals surface area contributed by atoms with Crippen molar-refractivity contribution in [1.82, 2.24) is 30.3 Å². The number of thiazole rings is 1. The van der Waals surface area contributed by atoms with E-state index in [2.05, 4.69) is 59.4 Å². The fourth-order valence-electron chi connectivity index (χ4n) is 10.8. The summed E-state index contributed by atoms with van der Waals surface area (Å²) < 4.78 is 14.3. The van der Waals surface area contributed by atoms with E-state index in [-0.39, 0.29) is 65.6 Å². The summed E-state index contributed by atoms with van der Waals surface area (Å²) in [6.07, 6.45) is 4.37. The van der Waals surface area contributed by atoms with Crippen LogP contribution in [0.15, 0.2) is 84.6 Å². The van der Waals surface area contributed by atoms with Crippen LogP contribution in [0, 0.1) is 40.9 Å². The number of carbonyl (C=O) groups excluding carboxylic acids is 3. The maximum Gasteiger partial charge on any atom is 0.251 e. The summed E-state index contributed by atoms with van der Waals surface area (Å²) in [5.41, 5.74) is 6.11. The number of piperidine rings is 1. The number of aryl methyl sites for hydroxylation is 1. The van der Waals surface area contributed by atoms with Crippen molar-refractivity contribution in [3.05, 3.63) is 112 Å². The molecule has 0 unspecified atom stereocenters. The Morgan fingerprint density at radius 1 is 0.986 bits per heavy atom. The first kappa shape index (κ1) is 49.5. The summed E-state index contributed by atoms with van der Waals surface area (Å²) in [4.78, 5) is 50.9. The first-order chi connectivity index (χ1) is 32.8. The normalized spacial score (nSPS) is 21.8. The maximum absolute atomic E-state index is 14.3. The summed E-state index contributed by atoms with van der Waals surface area (Å²) in [5, 5.41) is 31.3. The lowest BCUT2D eigenvalue weighted by Gasteiger charge is -2.63. The molecule has 69 heavy (non-hydrogen) atoms. The molecule has 1 saturated carbocycles. The number of amides is 3. The lowest BCUT2D eigenvalue weighted by Crippen LogP contribution is -2.74. The van der Waals surface area contributed by atoms with Crippen LogP contribution in [0.4, 0.5) is 5.69 Å². The third kappa shape index (κ3) is 10.3. The number of aliphatic hydroxyl groups is 1. The molecule has 3 amide bonds. The highest BCUT2D eigenvalue weighted by Gasteiger charge is 2.64. The van der Waals surface area contributed by atoms with Gasteiger partial charge in [0.15, 0.2) is 5.75 Å². The Bertz CT molecular complexity index is 2670. The number of nitrogens with one attached hydrogen (secondary N) is 2. The van der Waals surface area contributed by atoms with E-state index >= 15 is 0 Å². The molecule has 3 fully saturated rings. The minimum Gasteiger partial charge on any atom is -0.490 e. The number of carbonyl (C=O) groups is 3. The van der Waals surface area contributed by atoms with Gasteiger partial charge in [0.1, 0.15) is 30.0 Å². The van der Waals surface area contributed by atoms with Crippen LogP contribution in [0.1, 0.15) is 107 Å². The van der Waals surface area contributed by atoms with Crippen LogP contribution in [0.25, 0.3) is 10.4 Å². The number of hydrogen-bond acceptors (Lipinski definition) is 11. The van der Waals surface area contributed by atoms with E-state index in [0.717, 1.165) is 53.3 Å². The number of ether oxygens (including phenoxy) is 2. The van der Waals surface area contributed by atoms with Gasteiger partial charge in [-0.15, -0.1) is 11.3 Å². The standard InChI is InChI=1S/C53H63ClN8O6S/c1-31(2)45(49(66)61-27-40(63)23-44(61)48(65)58-32(3)35-9-11-36(12-10-35)46-33(4)56-30-69-46)62-28-42(26-57-62)67-29-34-19-21-60(22-20-34)39-16-13-37(14-17-39)47(64)59-50-52(5,6)51(53(50,7)8)68-41-18-15-38(25-55)43(54)24-41/h9-18,24,26,28,30-32,34,40,44-45,50-51,63H,19-23,27,29H2,1-8H3,(H,58,65)(H,59,64)/t32-,40+,44-,45+,50?,51?/m0/s1. The Morgan fingerprint density at radius 3 is 2.30 bits per heavy atom. The van der Waals surface area contributed by atoms with E-state index in [1.807, 2.05) is 81.7 Å². The zero-order valence-corrected chi connectivity index (χ0v) is 42.2. The van der Waals surface area contributed by atoms with Gasteiger partial charge in [0, 0.05) is 60.2 Å². The number of aliphatic hydroxyl groups excluding tert-OH is 1. The van der Waals surface area contributed by atoms with Gasteiger partial charge in [-0.25, -0.2) is 4.98 Å². The third-order valence-electron chi connectivity index (χ3n) is 14.4. The molecule has 364 valence electrons. The smallest absolute Gasteiger partial charge is 0.251 e. The van der Waals surface area contributed by atoms with Gasteiger partial charge in [0.2, 0.25) is 11.8 Å². The largest absolute Gasteiger partial charge is 0.490 e. The third-order valence-corrected chi connectivity index (χ3v) is 15.7. The zero-order valence-electron chi connectivity index (χ0n) is 40.6. The first-order valence-electron chi connectivity index (χ1n) is 23.8. The molecule has 0 radical (unpaired) electrons. The number of rotatable bonds is 15. The fraction of sp³-hybridized carbons (Fsp3) is 0.472. The number of hydrogen-bond donors (Lipinski definition) is 3. The summed E-state index contributed by atoms with van der Waals surface area (Å²) in [7, 11) is 0. The molecule has 2 saturated heterocycles. The molecule has 4 heterocycles. The Labute approximate surface area is 414 Å². The molecular weight excluding hydrogens is 912 g/mol. The minimum atomic E-state index is -0.818. The molecule has 3 aliphatic rings. The number of β-amino-alcohol motifs (C(OH)–C–C–N with tert-alkyl or cyclic N) is 1. The molecule has 4 atom stereocenters. The molecule has 14 nitrogen and oxygen atoms in total. The second-order valence-electron chi connectivity index (χ2n) is 20.4. The van der Waals surface area contributed by atoms with Crippen LogP contribution in [0.3, 0.4) is 0 Å². The first-order valence-corrected chi connectivity index (χ1v) is 25.1. The molecule has 0 spiro atoms. The second kappa shape index (κ2) is 20.2. The molecule has 5 aromatic rings. The number of halogens is 1. The number of nitrogens with zero attached hydrogens (tertiary/aromatic N) is 6. The van der Waals surface area contributed by atoms with E-state index in [9.17, 15) is 24.8 Å². The Kier molecular flexibility index (Phi) is 14.5. The van der Waals surface area contributed by atoms with Crippen molar-refractivity contribution in [2.45, 2.75) is 111 Å². The summed E-state index contributed by atoms with van der Waals surface area (Å²) in [5.74, 6) is 0.611. The molecule has 2 aliphatic heterocycles. The lowest BCUT2D eigenvalue weighted by molar-refractivity contribution is -0.164. The zero-order chi connectivity index (χ0) is 49.4. The molecule has 8 rings (SSSR count). The molecule has 3 N–H and O–H groups in total. The van der Waals surface area contributed by atoms with E-state index in [4.69, 9.17) is 21.1 Å². The highest BCUT2D eigenvalue weighted by Crippen LogP contribution is 2.55. The van der Waals surface area contributed by atoms with Gasteiger partial charge in [-0.3, -0.25) is 19.1 Å². The van der Waals surface area contributed by atoms with Gasteiger partial charge >= 0.3 is 0 Å².